The highest BCUT2D eigenvalue weighted by Gasteiger charge is 2.44. The lowest BCUT2D eigenvalue weighted by molar-refractivity contribution is 0.0249. The Morgan fingerprint density at radius 2 is 1.88 bits per heavy atom. The summed E-state index contributed by atoms with van der Waals surface area (Å²) in [6, 6.07) is 8.91. The van der Waals surface area contributed by atoms with Gasteiger partial charge in [-0.1, -0.05) is 48.1 Å². The summed E-state index contributed by atoms with van der Waals surface area (Å²) in [7, 11) is 3.73. The van der Waals surface area contributed by atoms with Crippen molar-refractivity contribution in [2.24, 2.45) is 11.8 Å². The first kappa shape index (κ1) is 17.8. The minimum atomic E-state index is 0.213. The van der Waals surface area contributed by atoms with Gasteiger partial charge in [0, 0.05) is 26.1 Å². The predicted molar refractivity (Wildman–Crippen MR) is 106 cm³/mol. The van der Waals surface area contributed by atoms with E-state index in [4.69, 9.17) is 9.47 Å². The Balaban J connectivity index is 1.83. The first-order valence-corrected chi connectivity index (χ1v) is 9.85. The fourth-order valence-corrected chi connectivity index (χ4v) is 5.48. The van der Waals surface area contributed by atoms with E-state index in [0.717, 1.165) is 19.3 Å². The van der Waals surface area contributed by atoms with Crippen molar-refractivity contribution >= 4 is 0 Å². The summed E-state index contributed by atoms with van der Waals surface area (Å²) in [5.74, 6) is 1.44. The second-order valence-corrected chi connectivity index (χ2v) is 7.99. The molecule has 0 fully saturated rings. The molecule has 0 bridgehead atoms. The van der Waals surface area contributed by atoms with Crippen LogP contribution in [0.3, 0.4) is 0 Å². The molecular weight excluding hydrogens is 320 g/mol. The van der Waals surface area contributed by atoms with Crippen LogP contribution in [0.25, 0.3) is 0 Å². The van der Waals surface area contributed by atoms with Crippen LogP contribution in [0.5, 0.6) is 0 Å². The molecule has 0 heterocycles. The Labute approximate surface area is 157 Å². The SMILES string of the molecule is C/C=C\C1=C(C)CC(OC)C2=CC3c4ccccc4CC(OC)C3CC21. The van der Waals surface area contributed by atoms with Crippen LogP contribution in [-0.2, 0) is 15.9 Å². The quantitative estimate of drug-likeness (QED) is 0.696. The number of rotatable bonds is 3. The fourth-order valence-electron chi connectivity index (χ4n) is 5.48. The van der Waals surface area contributed by atoms with Gasteiger partial charge in [0.15, 0.2) is 0 Å². The standard InChI is InChI=1S/C24H30O2/c1-5-8-17-15(2)11-23(25-3)21-14-20-18-10-7-6-9-16(18)12-24(26-4)22(20)13-19(17)21/h5-10,14,19-20,22-24H,11-13H2,1-4H3/b8-5-. The van der Waals surface area contributed by atoms with Gasteiger partial charge >= 0.3 is 0 Å². The molecule has 4 rings (SSSR count). The molecule has 26 heavy (non-hydrogen) atoms. The lowest BCUT2D eigenvalue weighted by Gasteiger charge is -2.46. The lowest BCUT2D eigenvalue weighted by atomic mass is 9.61. The summed E-state index contributed by atoms with van der Waals surface area (Å²) in [5, 5.41) is 0. The van der Waals surface area contributed by atoms with Crippen LogP contribution in [0.1, 0.15) is 43.7 Å². The predicted octanol–water partition coefficient (Wildman–Crippen LogP) is 5.22. The second kappa shape index (κ2) is 7.17. The van der Waals surface area contributed by atoms with Crippen molar-refractivity contribution in [2.45, 2.75) is 51.2 Å². The van der Waals surface area contributed by atoms with Crippen molar-refractivity contribution in [1.29, 1.82) is 0 Å². The van der Waals surface area contributed by atoms with Gasteiger partial charge in [-0.15, -0.1) is 0 Å². The molecule has 0 radical (unpaired) electrons. The van der Waals surface area contributed by atoms with E-state index in [0.29, 0.717) is 23.9 Å². The number of fused-ring (bicyclic) bond motifs is 4. The van der Waals surface area contributed by atoms with Gasteiger partial charge in [-0.3, -0.25) is 0 Å². The van der Waals surface area contributed by atoms with Crippen LogP contribution in [-0.4, -0.2) is 26.4 Å². The maximum atomic E-state index is 5.98. The average Bonchev–Trinajstić information content (AvgIpc) is 2.68. The third-order valence-corrected chi connectivity index (χ3v) is 6.72. The van der Waals surface area contributed by atoms with Crippen molar-refractivity contribution in [3.05, 3.63) is 70.3 Å². The van der Waals surface area contributed by atoms with Gasteiger partial charge in [0.1, 0.15) is 0 Å². The van der Waals surface area contributed by atoms with Gasteiger partial charge in [-0.2, -0.15) is 0 Å². The number of hydrogen-bond donors (Lipinski definition) is 0. The third kappa shape index (κ3) is 2.80. The zero-order valence-electron chi connectivity index (χ0n) is 16.4. The minimum Gasteiger partial charge on any atom is -0.381 e. The van der Waals surface area contributed by atoms with Crippen molar-refractivity contribution in [3.8, 4) is 0 Å². The largest absolute Gasteiger partial charge is 0.381 e. The molecular formula is C24H30O2. The van der Waals surface area contributed by atoms with Gasteiger partial charge in [0.25, 0.3) is 0 Å². The molecule has 5 atom stereocenters. The first-order chi connectivity index (χ1) is 12.7. The molecule has 2 nitrogen and oxygen atoms in total. The molecule has 0 saturated heterocycles. The Bertz CT molecular complexity index is 770. The van der Waals surface area contributed by atoms with Crippen LogP contribution < -0.4 is 0 Å². The molecule has 138 valence electrons. The van der Waals surface area contributed by atoms with Gasteiger partial charge in [0.05, 0.1) is 12.2 Å². The van der Waals surface area contributed by atoms with Gasteiger partial charge in [-0.25, -0.2) is 0 Å². The van der Waals surface area contributed by atoms with E-state index in [1.807, 2.05) is 14.2 Å². The fraction of sp³-hybridized carbons (Fsp3) is 0.500. The topological polar surface area (TPSA) is 18.5 Å². The summed E-state index contributed by atoms with van der Waals surface area (Å²) < 4.78 is 11.9. The normalized spacial score (nSPS) is 33.5. The van der Waals surface area contributed by atoms with E-state index in [-0.39, 0.29) is 6.10 Å². The van der Waals surface area contributed by atoms with Gasteiger partial charge in [-0.05, 0) is 61.3 Å². The number of methoxy groups -OCH3 is 2. The van der Waals surface area contributed by atoms with Crippen LogP contribution in [0.4, 0.5) is 0 Å². The molecule has 0 spiro atoms. The molecule has 3 aliphatic rings. The van der Waals surface area contributed by atoms with Crippen LogP contribution in [0.2, 0.25) is 0 Å². The molecule has 0 saturated carbocycles. The van der Waals surface area contributed by atoms with E-state index in [9.17, 15) is 0 Å². The number of hydrogen-bond acceptors (Lipinski definition) is 2. The van der Waals surface area contributed by atoms with Crippen molar-refractivity contribution in [3.63, 3.8) is 0 Å². The van der Waals surface area contributed by atoms with E-state index in [1.54, 1.807) is 0 Å². The number of allylic oxidation sites excluding steroid dienone is 4. The smallest absolute Gasteiger partial charge is 0.0824 e. The molecule has 5 unspecified atom stereocenters. The average molecular weight is 351 g/mol. The molecule has 0 amide bonds. The van der Waals surface area contributed by atoms with Gasteiger partial charge < -0.3 is 9.47 Å². The summed E-state index contributed by atoms with van der Waals surface area (Å²) in [6.07, 6.45) is 10.7. The highest BCUT2D eigenvalue weighted by atomic mass is 16.5. The van der Waals surface area contributed by atoms with E-state index >= 15 is 0 Å². The van der Waals surface area contributed by atoms with Crippen molar-refractivity contribution in [2.75, 3.05) is 14.2 Å². The summed E-state index contributed by atoms with van der Waals surface area (Å²) >= 11 is 0. The second-order valence-electron chi connectivity index (χ2n) is 7.99. The zero-order chi connectivity index (χ0) is 18.3. The molecule has 3 aliphatic carbocycles. The van der Waals surface area contributed by atoms with E-state index < -0.39 is 0 Å². The molecule has 2 heteroatoms. The van der Waals surface area contributed by atoms with Crippen LogP contribution in [0, 0.1) is 11.8 Å². The zero-order valence-corrected chi connectivity index (χ0v) is 16.4. The highest BCUT2D eigenvalue weighted by Crippen LogP contribution is 2.51. The van der Waals surface area contributed by atoms with E-state index in [2.05, 4.69) is 56.3 Å². The number of ether oxygens (including phenoxy) is 2. The molecule has 1 aromatic carbocycles. The Kier molecular flexibility index (Phi) is 4.90. The summed E-state index contributed by atoms with van der Waals surface area (Å²) in [4.78, 5) is 0. The minimum absolute atomic E-state index is 0.213. The highest BCUT2D eigenvalue weighted by molar-refractivity contribution is 5.46. The molecule has 1 aromatic rings. The maximum absolute atomic E-state index is 5.98. The Morgan fingerprint density at radius 3 is 2.62 bits per heavy atom. The van der Waals surface area contributed by atoms with E-state index in [1.165, 1.54) is 27.8 Å². The number of benzene rings is 1. The monoisotopic (exact) mass is 350 g/mol. The van der Waals surface area contributed by atoms with Crippen molar-refractivity contribution < 1.29 is 9.47 Å². The summed E-state index contributed by atoms with van der Waals surface area (Å²) in [5.41, 5.74) is 7.39. The Hall–Kier alpha value is -1.64. The molecule has 0 N–H and O–H groups in total. The van der Waals surface area contributed by atoms with Gasteiger partial charge in [0.2, 0.25) is 0 Å². The Morgan fingerprint density at radius 1 is 1.08 bits per heavy atom. The van der Waals surface area contributed by atoms with Crippen LogP contribution >= 0.6 is 0 Å². The lowest BCUT2D eigenvalue weighted by Crippen LogP contribution is -2.41. The third-order valence-electron chi connectivity index (χ3n) is 6.72. The first-order valence-electron chi connectivity index (χ1n) is 9.85. The van der Waals surface area contributed by atoms with Crippen molar-refractivity contribution in [1.82, 2.24) is 0 Å². The van der Waals surface area contributed by atoms with Crippen LogP contribution in [0.15, 0.2) is 59.2 Å². The maximum Gasteiger partial charge on any atom is 0.0824 e. The summed E-state index contributed by atoms with van der Waals surface area (Å²) in [6.45, 7) is 4.39. The molecule has 0 aromatic heterocycles. The molecule has 0 aliphatic heterocycles.